The van der Waals surface area contributed by atoms with Crippen LogP contribution in [0.5, 0.6) is 0 Å². The van der Waals surface area contributed by atoms with Gasteiger partial charge < -0.3 is 5.73 Å². The number of sulfonamides is 1. The van der Waals surface area contributed by atoms with Crippen LogP contribution in [0.3, 0.4) is 0 Å². The summed E-state index contributed by atoms with van der Waals surface area (Å²) in [5, 5.41) is 0. The first-order valence-corrected chi connectivity index (χ1v) is 7.24. The van der Waals surface area contributed by atoms with Crippen molar-refractivity contribution in [3.8, 4) is 0 Å². The van der Waals surface area contributed by atoms with Crippen LogP contribution in [-0.4, -0.2) is 26.3 Å². The quantitative estimate of drug-likeness (QED) is 0.839. The van der Waals surface area contributed by atoms with Crippen molar-refractivity contribution in [2.45, 2.75) is 25.3 Å². The minimum absolute atomic E-state index is 0.0414. The number of hydrogen-bond acceptors (Lipinski definition) is 3. The predicted molar refractivity (Wildman–Crippen MR) is 73.7 cm³/mol. The van der Waals surface area contributed by atoms with Gasteiger partial charge in [0, 0.05) is 25.7 Å². The molecule has 6 heteroatoms. The molecule has 0 aliphatic heterocycles. The van der Waals surface area contributed by atoms with Gasteiger partial charge in [0.05, 0.1) is 4.90 Å². The van der Waals surface area contributed by atoms with Crippen LogP contribution in [0.2, 0.25) is 0 Å². The maximum absolute atomic E-state index is 13.7. The molecule has 106 valence electrons. The first kappa shape index (κ1) is 15.8. The first-order valence-electron chi connectivity index (χ1n) is 5.80. The van der Waals surface area contributed by atoms with Crippen LogP contribution < -0.4 is 5.73 Å². The Labute approximate surface area is 113 Å². The summed E-state index contributed by atoms with van der Waals surface area (Å²) in [7, 11) is -2.19. The lowest BCUT2D eigenvalue weighted by molar-refractivity contribution is 0.492. The van der Waals surface area contributed by atoms with Crippen LogP contribution in [0.25, 0.3) is 0 Å². The highest BCUT2D eigenvalue weighted by atomic mass is 32.2. The molecule has 0 aliphatic carbocycles. The van der Waals surface area contributed by atoms with Crippen LogP contribution in [0, 0.1) is 12.7 Å². The Morgan fingerprint density at radius 2 is 2.05 bits per heavy atom. The molecule has 0 aromatic heterocycles. The van der Waals surface area contributed by atoms with Gasteiger partial charge in [0.1, 0.15) is 5.82 Å². The van der Waals surface area contributed by atoms with Gasteiger partial charge in [0.15, 0.2) is 0 Å². The molecular formula is C13H19FN2O2S. The molecule has 0 fully saturated rings. The Hall–Kier alpha value is -1.24. The van der Waals surface area contributed by atoms with E-state index in [1.807, 2.05) is 0 Å². The molecule has 0 amide bonds. The SMILES string of the molecule is C=C(C)CN(C)S(=O)(=O)c1cc(C)c(F)c(CN)c1. The van der Waals surface area contributed by atoms with Gasteiger partial charge >= 0.3 is 0 Å². The van der Waals surface area contributed by atoms with Crippen molar-refractivity contribution < 1.29 is 12.8 Å². The lowest BCUT2D eigenvalue weighted by Crippen LogP contribution is -2.28. The summed E-state index contributed by atoms with van der Waals surface area (Å²) in [6, 6.07) is 2.60. The number of halogens is 1. The molecule has 0 unspecified atom stereocenters. The van der Waals surface area contributed by atoms with Crippen molar-refractivity contribution in [1.82, 2.24) is 4.31 Å². The number of rotatable bonds is 5. The molecular weight excluding hydrogens is 267 g/mol. The van der Waals surface area contributed by atoms with Crippen molar-refractivity contribution in [1.29, 1.82) is 0 Å². The number of nitrogens with two attached hydrogens (primary N) is 1. The molecule has 19 heavy (non-hydrogen) atoms. The third kappa shape index (κ3) is 3.40. The average Bonchev–Trinajstić information content (AvgIpc) is 2.31. The molecule has 0 saturated carbocycles. The average molecular weight is 286 g/mol. The van der Waals surface area contributed by atoms with E-state index in [0.29, 0.717) is 0 Å². The fourth-order valence-corrected chi connectivity index (χ4v) is 3.12. The molecule has 1 aromatic carbocycles. The minimum Gasteiger partial charge on any atom is -0.326 e. The van der Waals surface area contributed by atoms with Gasteiger partial charge in [-0.1, -0.05) is 12.2 Å². The molecule has 1 aromatic rings. The molecule has 0 saturated heterocycles. The summed E-state index contributed by atoms with van der Waals surface area (Å²) in [4.78, 5) is 0.0515. The third-order valence-electron chi connectivity index (χ3n) is 2.72. The fraction of sp³-hybridized carbons (Fsp3) is 0.385. The second-order valence-corrected chi connectivity index (χ2v) is 6.68. The van der Waals surface area contributed by atoms with Crippen molar-refractivity contribution in [3.63, 3.8) is 0 Å². The Morgan fingerprint density at radius 1 is 1.47 bits per heavy atom. The van der Waals surface area contributed by atoms with E-state index in [1.54, 1.807) is 6.92 Å². The molecule has 0 bridgehead atoms. The molecule has 0 radical (unpaired) electrons. The van der Waals surface area contributed by atoms with Gasteiger partial charge in [-0.2, -0.15) is 4.31 Å². The Morgan fingerprint density at radius 3 is 2.53 bits per heavy atom. The molecule has 0 spiro atoms. The van der Waals surface area contributed by atoms with Gasteiger partial charge in [-0.15, -0.1) is 0 Å². The lowest BCUT2D eigenvalue weighted by atomic mass is 10.1. The van der Waals surface area contributed by atoms with E-state index >= 15 is 0 Å². The third-order valence-corrected chi connectivity index (χ3v) is 4.51. The monoisotopic (exact) mass is 286 g/mol. The van der Waals surface area contributed by atoms with Gasteiger partial charge in [-0.05, 0) is 31.5 Å². The van der Waals surface area contributed by atoms with E-state index in [0.717, 1.165) is 5.57 Å². The summed E-state index contributed by atoms with van der Waals surface area (Å²) in [6.07, 6.45) is 0. The summed E-state index contributed by atoms with van der Waals surface area (Å²) >= 11 is 0. The predicted octanol–water partition coefficient (Wildman–Crippen LogP) is 1.79. The molecule has 1 rings (SSSR count). The van der Waals surface area contributed by atoms with Gasteiger partial charge in [0.25, 0.3) is 0 Å². The van der Waals surface area contributed by atoms with E-state index in [1.165, 1.54) is 30.4 Å². The van der Waals surface area contributed by atoms with E-state index in [-0.39, 0.29) is 29.1 Å². The van der Waals surface area contributed by atoms with Crippen LogP contribution in [-0.2, 0) is 16.6 Å². The van der Waals surface area contributed by atoms with E-state index in [2.05, 4.69) is 6.58 Å². The molecule has 2 N–H and O–H groups in total. The number of likely N-dealkylation sites (N-methyl/N-ethyl adjacent to an activating group) is 1. The molecule has 0 heterocycles. The van der Waals surface area contributed by atoms with E-state index in [9.17, 15) is 12.8 Å². The molecule has 4 nitrogen and oxygen atoms in total. The van der Waals surface area contributed by atoms with Crippen LogP contribution in [0.1, 0.15) is 18.1 Å². The van der Waals surface area contributed by atoms with Crippen LogP contribution in [0.15, 0.2) is 29.2 Å². The molecule has 0 aliphatic rings. The van der Waals surface area contributed by atoms with Crippen LogP contribution in [0.4, 0.5) is 4.39 Å². The summed E-state index contributed by atoms with van der Waals surface area (Å²) < 4.78 is 39.5. The van der Waals surface area contributed by atoms with Gasteiger partial charge in [-0.25, -0.2) is 12.8 Å². The highest BCUT2D eigenvalue weighted by Gasteiger charge is 2.22. The van der Waals surface area contributed by atoms with Crippen molar-refractivity contribution in [2.24, 2.45) is 5.73 Å². The zero-order chi connectivity index (χ0) is 14.8. The number of hydrogen-bond donors (Lipinski definition) is 1. The summed E-state index contributed by atoms with van der Waals surface area (Å²) in [5.74, 6) is -0.455. The zero-order valence-corrected chi connectivity index (χ0v) is 12.2. The fourth-order valence-electron chi connectivity index (χ4n) is 1.75. The second kappa shape index (κ2) is 5.81. The Balaban J connectivity index is 3.29. The maximum Gasteiger partial charge on any atom is 0.243 e. The molecule has 0 atom stereocenters. The van der Waals surface area contributed by atoms with Crippen molar-refractivity contribution >= 4 is 10.0 Å². The standard InChI is InChI=1S/C13H19FN2O2S/c1-9(2)8-16(4)19(17,18)12-5-10(3)13(14)11(6-12)7-15/h5-6H,1,7-8,15H2,2-4H3. The highest BCUT2D eigenvalue weighted by molar-refractivity contribution is 7.89. The topological polar surface area (TPSA) is 63.4 Å². The number of nitrogens with zero attached hydrogens (tertiary/aromatic N) is 1. The first-order chi connectivity index (χ1) is 8.70. The summed E-state index contributed by atoms with van der Waals surface area (Å²) in [5.41, 5.74) is 6.62. The number of aryl methyl sites for hydroxylation is 1. The van der Waals surface area contributed by atoms with Crippen molar-refractivity contribution in [2.75, 3.05) is 13.6 Å². The Kier molecular flexibility index (Phi) is 4.84. The zero-order valence-electron chi connectivity index (χ0n) is 11.4. The lowest BCUT2D eigenvalue weighted by Gasteiger charge is -2.18. The highest BCUT2D eigenvalue weighted by Crippen LogP contribution is 2.21. The van der Waals surface area contributed by atoms with Gasteiger partial charge in [0.2, 0.25) is 10.0 Å². The normalized spacial score (nSPS) is 11.9. The number of benzene rings is 1. The Bertz CT molecular complexity index is 597. The second-order valence-electron chi connectivity index (χ2n) is 4.64. The largest absolute Gasteiger partial charge is 0.326 e. The van der Waals surface area contributed by atoms with E-state index in [4.69, 9.17) is 5.73 Å². The minimum atomic E-state index is -3.66. The van der Waals surface area contributed by atoms with E-state index < -0.39 is 15.8 Å². The van der Waals surface area contributed by atoms with Gasteiger partial charge in [-0.3, -0.25) is 0 Å². The summed E-state index contributed by atoms with van der Waals surface area (Å²) in [6.45, 7) is 7.12. The van der Waals surface area contributed by atoms with Crippen LogP contribution >= 0.6 is 0 Å². The smallest absolute Gasteiger partial charge is 0.243 e. The maximum atomic E-state index is 13.7. The van der Waals surface area contributed by atoms with Crippen molar-refractivity contribution in [3.05, 3.63) is 41.2 Å².